The molecule has 0 fully saturated rings. The van der Waals surface area contributed by atoms with Crippen molar-refractivity contribution in [3.05, 3.63) is 76.5 Å². The molecule has 0 radical (unpaired) electrons. The summed E-state index contributed by atoms with van der Waals surface area (Å²) in [5.74, 6) is 0.0879. The van der Waals surface area contributed by atoms with Crippen molar-refractivity contribution in [1.29, 1.82) is 0 Å². The summed E-state index contributed by atoms with van der Waals surface area (Å²) in [6.07, 6.45) is 0. The number of benzene rings is 2. The predicted octanol–water partition coefficient (Wildman–Crippen LogP) is 7.88. The maximum Gasteiger partial charge on any atom is 0.202 e. The van der Waals surface area contributed by atoms with Crippen LogP contribution in [0.25, 0.3) is 0 Å². The Bertz CT molecular complexity index is 927. The minimum atomic E-state index is -10.7. The molecule has 0 unspecified atom stereocenters. The summed E-state index contributed by atoms with van der Waals surface area (Å²) < 4.78 is 59.2. The van der Waals surface area contributed by atoms with Crippen molar-refractivity contribution in [1.82, 2.24) is 0 Å². The number of carbonyl (C=O) groups is 1. The van der Waals surface area contributed by atoms with Crippen molar-refractivity contribution in [2.24, 2.45) is 0 Å². The molecule has 2 aromatic carbocycles. The van der Waals surface area contributed by atoms with Crippen LogP contribution in [0.4, 0.5) is 25.2 Å². The van der Waals surface area contributed by atoms with Gasteiger partial charge in [-0.25, -0.2) is 0 Å². The average molecular weight is 474 g/mol. The number of halogens is 6. The Morgan fingerprint density at radius 2 is 1.29 bits per heavy atom. The van der Waals surface area contributed by atoms with E-state index in [9.17, 15) is 30.0 Å². The molecule has 0 bridgehead atoms. The van der Waals surface area contributed by atoms with E-state index in [1.165, 1.54) is 16.2 Å². The first-order valence-corrected chi connectivity index (χ1v) is 11.6. The van der Waals surface area contributed by atoms with Gasteiger partial charge < -0.3 is 0 Å². The van der Waals surface area contributed by atoms with Gasteiger partial charge >= 0.3 is 33.0 Å². The minimum absolute atomic E-state index is 0.0879. The molecule has 152 valence electrons. The van der Waals surface area contributed by atoms with Gasteiger partial charge in [-0.3, -0.25) is 4.79 Å². The minimum Gasteiger partial charge on any atom is -0.288 e. The van der Waals surface area contributed by atoms with Crippen LogP contribution in [0.1, 0.15) is 15.2 Å². The molecule has 0 N–H and O–H groups in total. The molecule has 0 saturated carbocycles. The molecule has 0 amide bonds. The van der Waals surface area contributed by atoms with Crippen LogP contribution in [0.5, 0.6) is 0 Å². The zero-order chi connectivity index (χ0) is 21.1. The number of hydrogen-bond donors (Lipinski definition) is 0. The third-order valence-corrected chi connectivity index (χ3v) is 5.17. The van der Waals surface area contributed by atoms with E-state index in [0.717, 1.165) is 20.2 Å². The number of rotatable bonds is 4. The number of ketones is 1. The largest absolute Gasteiger partial charge is 0.288 e. The Kier molecular flexibility index (Phi) is 6.31. The van der Waals surface area contributed by atoms with Gasteiger partial charge in [0.2, 0.25) is 5.78 Å². The van der Waals surface area contributed by atoms with Gasteiger partial charge in [-0.2, -0.15) is 0 Å². The number of thiophene rings is 1. The molecule has 3 rings (SSSR count). The molecule has 3 aromatic rings. The molecule has 0 spiro atoms. The van der Waals surface area contributed by atoms with Crippen molar-refractivity contribution in [2.45, 2.75) is 14.7 Å². The van der Waals surface area contributed by atoms with Gasteiger partial charge in [0, 0.05) is 15.4 Å². The first-order valence-electron chi connectivity index (χ1n) is 7.41. The molecule has 0 aliphatic carbocycles. The van der Waals surface area contributed by atoms with E-state index in [4.69, 9.17) is 0 Å². The summed E-state index contributed by atoms with van der Waals surface area (Å²) in [6, 6.07) is 19.7. The molecule has 1 heterocycles. The van der Waals surface area contributed by atoms with Crippen molar-refractivity contribution in [2.75, 3.05) is 0 Å². The smallest absolute Gasteiger partial charge is 0.202 e. The normalized spacial score (nSPS) is 13.7. The summed E-state index contributed by atoms with van der Waals surface area (Å²) in [5.41, 5.74) is 0.734. The summed E-state index contributed by atoms with van der Waals surface area (Å²) >= 11 is 6.64. The second kappa shape index (κ2) is 7.74. The van der Waals surface area contributed by atoms with E-state index in [0.29, 0.717) is 0 Å². The van der Waals surface area contributed by atoms with Crippen LogP contribution in [0.2, 0.25) is 0 Å². The summed E-state index contributed by atoms with van der Waals surface area (Å²) in [4.78, 5) is 16.4. The van der Waals surface area contributed by atoms with Crippen LogP contribution in [-0.4, -0.2) is 5.78 Å². The van der Waals surface area contributed by atoms with Crippen molar-refractivity contribution in [3.63, 3.8) is 0 Å². The average Bonchev–Trinajstić information content (AvgIpc) is 3.09. The quantitative estimate of drug-likeness (QED) is 0.166. The fourth-order valence-corrected chi connectivity index (χ4v) is 3.55. The van der Waals surface area contributed by atoms with Crippen molar-refractivity contribution in [3.8, 4) is 0 Å². The van der Waals surface area contributed by atoms with E-state index in [-0.39, 0.29) is 5.78 Å². The number of carbonyl (C=O) groups excluding carboxylic acids is 1. The van der Waals surface area contributed by atoms with Gasteiger partial charge in [-0.15, -0.1) is 11.3 Å². The van der Waals surface area contributed by atoms with Crippen LogP contribution < -0.4 is 0 Å². The topological polar surface area (TPSA) is 17.1 Å². The maximum atomic E-state index is 12.2. The van der Waals surface area contributed by atoms with E-state index in [2.05, 4.69) is 24.8 Å². The summed E-state index contributed by atoms with van der Waals surface area (Å²) in [5, 5.41) is 1.92. The van der Waals surface area contributed by atoms with Gasteiger partial charge in [0.15, 0.2) is 0 Å². The fourth-order valence-electron chi connectivity index (χ4n) is 1.88. The third-order valence-electron chi connectivity index (χ3n) is 2.95. The van der Waals surface area contributed by atoms with E-state index < -0.39 is 7.81 Å². The molecule has 1 aromatic heterocycles. The maximum absolute atomic E-state index is 12.2. The van der Waals surface area contributed by atoms with Crippen LogP contribution in [0.15, 0.2) is 80.7 Å². The molecule has 0 saturated heterocycles. The number of hydrogen-bond acceptors (Lipinski definition) is 3. The van der Waals surface area contributed by atoms with Crippen molar-refractivity contribution >= 4 is 49.3 Å². The molecule has 0 aliphatic rings. The Labute approximate surface area is 170 Å². The second-order valence-corrected chi connectivity index (χ2v) is 10.0. The second-order valence-electron chi connectivity index (χ2n) is 5.42. The van der Waals surface area contributed by atoms with E-state index >= 15 is 0 Å². The summed E-state index contributed by atoms with van der Waals surface area (Å²) in [7, 11) is -10.7. The molecule has 11 heteroatoms. The third kappa shape index (κ3) is 9.64. The van der Waals surface area contributed by atoms with Gasteiger partial charge in [-0.05, 0) is 72.6 Å². The Morgan fingerprint density at radius 1 is 0.821 bits per heavy atom. The zero-order valence-electron chi connectivity index (χ0n) is 13.8. The fraction of sp³-hybridized carbons (Fsp3) is 0. The molecule has 0 aliphatic heterocycles. The van der Waals surface area contributed by atoms with Crippen LogP contribution >= 0.6 is 30.9 Å². The van der Waals surface area contributed by atoms with Gasteiger partial charge in [0.25, 0.3) is 0 Å². The monoisotopic (exact) mass is 474 g/mol. The van der Waals surface area contributed by atoms with Gasteiger partial charge in [-0.1, -0.05) is 17.8 Å². The van der Waals surface area contributed by atoms with Gasteiger partial charge in [0.05, 0.1) is 4.88 Å². The summed E-state index contributed by atoms with van der Waals surface area (Å²) in [6.45, 7) is 0. The first-order chi connectivity index (χ1) is 12.7. The van der Waals surface area contributed by atoms with Crippen LogP contribution in [0, 0.1) is 0 Å². The Hall–Kier alpha value is -1.48. The van der Waals surface area contributed by atoms with E-state index in [1.54, 1.807) is 11.8 Å². The Balaban J connectivity index is 0.000000345. The molecular weight excluding hydrogens is 461 g/mol. The molecular formula is C17H13F6OPS3. The molecule has 1 nitrogen and oxygen atoms in total. The SMILES string of the molecule is F[P-](F)(F)(F)(F)F.O=C(c1ccc(Sc2ccc([SH2+])cc2)cc1)c1cccs1. The first kappa shape index (κ1) is 22.8. The molecule has 28 heavy (non-hydrogen) atoms. The van der Waals surface area contributed by atoms with Gasteiger partial charge in [0.1, 0.15) is 4.90 Å². The Morgan fingerprint density at radius 3 is 1.71 bits per heavy atom. The van der Waals surface area contributed by atoms with Crippen LogP contribution in [-0.2, 0) is 12.6 Å². The molecule has 0 atom stereocenters. The standard InChI is InChI=1S/C17H12OS3.F6P/c18-17(16-2-1-11-20-16)12-3-7-14(8-4-12)21-15-9-5-13(19)6-10-15;1-7(2,3,4,5)6/h1-11,19H;/q;-1/p+1. The van der Waals surface area contributed by atoms with Crippen molar-refractivity contribution < 1.29 is 30.0 Å². The predicted molar refractivity (Wildman–Crippen MR) is 107 cm³/mol. The van der Waals surface area contributed by atoms with E-state index in [1.807, 2.05) is 53.9 Å². The zero-order valence-corrected chi connectivity index (χ0v) is 17.3. The van der Waals surface area contributed by atoms with Crippen LogP contribution in [0.3, 0.4) is 0 Å².